The molecule has 0 aromatic carbocycles. The number of rotatable bonds is 5. The van der Waals surface area contributed by atoms with Crippen LogP contribution in [-0.4, -0.2) is 61.8 Å². The molecule has 25 heavy (non-hydrogen) atoms. The molecule has 0 amide bonds. The fourth-order valence-electron chi connectivity index (χ4n) is 5.53. The van der Waals surface area contributed by atoms with Crippen LogP contribution in [0.4, 0.5) is 0 Å². The van der Waals surface area contributed by atoms with Gasteiger partial charge in [-0.2, -0.15) is 0 Å². The van der Waals surface area contributed by atoms with Gasteiger partial charge >= 0.3 is 0 Å². The largest absolute Gasteiger partial charge is 0.377 e. The summed E-state index contributed by atoms with van der Waals surface area (Å²) in [6.45, 7) is 11.1. The number of piperidine rings is 1. The Hall–Kier alpha value is -1.07. The van der Waals surface area contributed by atoms with Crippen LogP contribution in [0, 0.1) is 11.3 Å². The molecule has 4 fully saturated rings. The molecule has 0 radical (unpaired) electrons. The summed E-state index contributed by atoms with van der Waals surface area (Å²) >= 11 is 0. The fourth-order valence-corrected chi connectivity index (χ4v) is 5.53. The Balaban J connectivity index is 1.34. The third-order valence-electron chi connectivity index (χ3n) is 6.96. The van der Waals surface area contributed by atoms with Gasteiger partial charge in [0, 0.05) is 56.2 Å². The Kier molecular flexibility index (Phi) is 5.05. The van der Waals surface area contributed by atoms with E-state index >= 15 is 0 Å². The average Bonchev–Trinajstić information content (AvgIpc) is 2.98. The monoisotopic (exact) mass is 346 g/mol. The Morgan fingerprint density at radius 2 is 2.08 bits per heavy atom. The third kappa shape index (κ3) is 3.10. The maximum atomic E-state index is 6.05. The van der Waals surface area contributed by atoms with Crippen LogP contribution in [0.25, 0.3) is 0 Å². The molecule has 2 aliphatic heterocycles. The molecule has 1 spiro atoms. The number of likely N-dealkylation sites (tertiary alicyclic amines) is 1. The highest BCUT2D eigenvalue weighted by molar-refractivity contribution is 5.80. The summed E-state index contributed by atoms with van der Waals surface area (Å²) in [6.07, 6.45) is 10.1. The zero-order valence-electron chi connectivity index (χ0n) is 15.7. The van der Waals surface area contributed by atoms with Gasteiger partial charge in [0.25, 0.3) is 0 Å². The van der Waals surface area contributed by atoms with Gasteiger partial charge in [-0.05, 0) is 39.0 Å². The Bertz CT molecular complexity index is 508. The molecule has 0 bridgehead atoms. The number of hydrogen-bond acceptors (Lipinski definition) is 3. The molecule has 2 aliphatic carbocycles. The van der Waals surface area contributed by atoms with E-state index in [0.29, 0.717) is 29.5 Å². The Morgan fingerprint density at radius 1 is 1.28 bits per heavy atom. The number of fused-ring (bicyclic) bond motifs is 2. The molecule has 140 valence electrons. The minimum absolute atomic E-state index is 0.407. The standard InChI is InChI=1S/C20H34N4O/c1-3-11-24-12-6-15(7-13-24)22-19(21-4-2)23-17-16-8-14-25-18(16)20(17)9-5-10-20/h3,15-18H,1,4-14H2,2H3,(H2,21,22,23). The van der Waals surface area contributed by atoms with Gasteiger partial charge in [0.15, 0.2) is 5.96 Å². The minimum atomic E-state index is 0.407. The predicted octanol–water partition coefficient (Wildman–Crippen LogP) is 2.15. The molecule has 2 N–H and O–H groups in total. The first-order valence-electron chi connectivity index (χ1n) is 10.3. The van der Waals surface area contributed by atoms with Crippen LogP contribution in [0.3, 0.4) is 0 Å². The predicted molar refractivity (Wildman–Crippen MR) is 102 cm³/mol. The van der Waals surface area contributed by atoms with Crippen molar-refractivity contribution >= 4 is 5.96 Å². The van der Waals surface area contributed by atoms with Crippen molar-refractivity contribution in [2.24, 2.45) is 16.3 Å². The summed E-state index contributed by atoms with van der Waals surface area (Å²) in [7, 11) is 0. The van der Waals surface area contributed by atoms with Crippen LogP contribution in [0.5, 0.6) is 0 Å². The molecule has 3 unspecified atom stereocenters. The number of hydrogen-bond donors (Lipinski definition) is 2. The number of nitrogens with one attached hydrogen (secondary N) is 2. The van der Waals surface area contributed by atoms with E-state index in [9.17, 15) is 0 Å². The first-order valence-corrected chi connectivity index (χ1v) is 10.3. The first-order chi connectivity index (χ1) is 12.3. The number of ether oxygens (including phenoxy) is 1. The van der Waals surface area contributed by atoms with Gasteiger partial charge < -0.3 is 15.4 Å². The summed E-state index contributed by atoms with van der Waals surface area (Å²) < 4.78 is 6.05. The maximum Gasteiger partial charge on any atom is 0.191 e. The van der Waals surface area contributed by atoms with E-state index in [1.54, 1.807) is 0 Å². The van der Waals surface area contributed by atoms with Crippen LogP contribution in [0.15, 0.2) is 17.6 Å². The van der Waals surface area contributed by atoms with E-state index < -0.39 is 0 Å². The molecule has 5 nitrogen and oxygen atoms in total. The normalized spacial score (nSPS) is 34.9. The molecule has 5 heteroatoms. The van der Waals surface area contributed by atoms with Crippen molar-refractivity contribution in [2.45, 2.75) is 63.6 Å². The third-order valence-corrected chi connectivity index (χ3v) is 6.96. The maximum absolute atomic E-state index is 6.05. The topological polar surface area (TPSA) is 48.9 Å². The molecule has 2 heterocycles. The van der Waals surface area contributed by atoms with Gasteiger partial charge in [-0.3, -0.25) is 9.89 Å². The zero-order valence-corrected chi connectivity index (χ0v) is 15.7. The lowest BCUT2D eigenvalue weighted by molar-refractivity contribution is -0.171. The second kappa shape index (κ2) is 7.28. The van der Waals surface area contributed by atoms with E-state index in [-0.39, 0.29) is 0 Å². The molecule has 2 saturated carbocycles. The van der Waals surface area contributed by atoms with E-state index in [2.05, 4.69) is 29.0 Å². The van der Waals surface area contributed by atoms with Crippen LogP contribution in [0.1, 0.15) is 45.4 Å². The van der Waals surface area contributed by atoms with Gasteiger partial charge in [-0.15, -0.1) is 6.58 Å². The van der Waals surface area contributed by atoms with Gasteiger partial charge in [0.2, 0.25) is 0 Å². The van der Waals surface area contributed by atoms with Gasteiger partial charge in [-0.25, -0.2) is 0 Å². The summed E-state index contributed by atoms with van der Waals surface area (Å²) in [5.41, 5.74) is 0.407. The Labute approximate surface area is 152 Å². The molecule has 0 aromatic rings. The highest BCUT2D eigenvalue weighted by Crippen LogP contribution is 2.62. The van der Waals surface area contributed by atoms with Crippen LogP contribution in [0.2, 0.25) is 0 Å². The lowest BCUT2D eigenvalue weighted by atomic mass is 9.46. The van der Waals surface area contributed by atoms with Crippen molar-refractivity contribution in [3.05, 3.63) is 12.7 Å². The zero-order chi connectivity index (χ0) is 17.3. The lowest BCUT2D eigenvalue weighted by Gasteiger charge is -2.63. The molecule has 2 saturated heterocycles. The molecular formula is C20H34N4O. The van der Waals surface area contributed by atoms with E-state index in [0.717, 1.165) is 38.7 Å². The number of guanidine groups is 1. The van der Waals surface area contributed by atoms with Crippen LogP contribution < -0.4 is 10.6 Å². The molecule has 4 aliphatic rings. The summed E-state index contributed by atoms with van der Waals surface area (Å²) in [6, 6.07) is 1.10. The van der Waals surface area contributed by atoms with E-state index in [4.69, 9.17) is 9.73 Å². The number of aliphatic imine (C=N–C) groups is 1. The highest BCUT2D eigenvalue weighted by atomic mass is 16.5. The summed E-state index contributed by atoms with van der Waals surface area (Å²) in [5.74, 6) is 1.73. The molecule has 3 atom stereocenters. The van der Waals surface area contributed by atoms with Crippen molar-refractivity contribution in [1.82, 2.24) is 15.5 Å². The average molecular weight is 347 g/mol. The van der Waals surface area contributed by atoms with Crippen LogP contribution in [-0.2, 0) is 4.74 Å². The van der Waals surface area contributed by atoms with Gasteiger partial charge in [0.05, 0.1) is 6.10 Å². The van der Waals surface area contributed by atoms with Crippen LogP contribution >= 0.6 is 0 Å². The SMILES string of the molecule is C=CCN1CCC(NC(=NCC)NC2C3CCOC3C23CCC3)CC1. The van der Waals surface area contributed by atoms with E-state index in [1.807, 2.05) is 6.08 Å². The van der Waals surface area contributed by atoms with Crippen molar-refractivity contribution in [3.63, 3.8) is 0 Å². The lowest BCUT2D eigenvalue weighted by Crippen LogP contribution is -2.72. The van der Waals surface area contributed by atoms with Crippen molar-refractivity contribution in [3.8, 4) is 0 Å². The second-order valence-electron chi connectivity index (χ2n) is 8.28. The number of nitrogens with zero attached hydrogens (tertiary/aromatic N) is 2. The molecule has 4 rings (SSSR count). The summed E-state index contributed by atoms with van der Waals surface area (Å²) in [4.78, 5) is 7.23. The smallest absolute Gasteiger partial charge is 0.191 e. The van der Waals surface area contributed by atoms with Crippen molar-refractivity contribution in [1.29, 1.82) is 0 Å². The van der Waals surface area contributed by atoms with Gasteiger partial charge in [0.1, 0.15) is 0 Å². The van der Waals surface area contributed by atoms with Crippen molar-refractivity contribution in [2.75, 3.05) is 32.8 Å². The highest BCUT2D eigenvalue weighted by Gasteiger charge is 2.66. The quantitative estimate of drug-likeness (QED) is 0.455. The van der Waals surface area contributed by atoms with Gasteiger partial charge in [-0.1, -0.05) is 12.5 Å². The molecule has 0 aromatic heterocycles. The van der Waals surface area contributed by atoms with Crippen molar-refractivity contribution < 1.29 is 4.74 Å². The minimum Gasteiger partial charge on any atom is -0.377 e. The fraction of sp³-hybridized carbons (Fsp3) is 0.850. The molecular weight excluding hydrogens is 312 g/mol. The summed E-state index contributed by atoms with van der Waals surface area (Å²) in [5, 5.41) is 7.56. The first kappa shape index (κ1) is 17.3. The van der Waals surface area contributed by atoms with E-state index in [1.165, 1.54) is 38.5 Å². The Morgan fingerprint density at radius 3 is 2.72 bits per heavy atom. The second-order valence-corrected chi connectivity index (χ2v) is 8.28.